The summed E-state index contributed by atoms with van der Waals surface area (Å²) in [5.74, 6) is 3.75. The lowest BCUT2D eigenvalue weighted by molar-refractivity contribution is 0.149. The van der Waals surface area contributed by atoms with Gasteiger partial charge < -0.3 is 10.6 Å². The maximum Gasteiger partial charge on any atom is 0.00928 e. The largest absolute Gasteiger partial charge is 0.314 e. The second-order valence-corrected chi connectivity index (χ2v) is 8.67. The molecule has 2 heteroatoms. The van der Waals surface area contributed by atoms with E-state index < -0.39 is 0 Å². The van der Waals surface area contributed by atoms with Gasteiger partial charge in [-0.25, -0.2) is 0 Å². The highest BCUT2D eigenvalue weighted by atomic mass is 14.9. The van der Waals surface area contributed by atoms with Crippen LogP contribution in [0.2, 0.25) is 0 Å². The molecular weight excluding hydrogens is 280 g/mol. The Hall–Kier alpha value is -0.0800. The molecule has 2 aliphatic rings. The molecular formula is C21H42N2. The Kier molecular flexibility index (Phi) is 8.40. The van der Waals surface area contributed by atoms with Crippen LogP contribution in [0.4, 0.5) is 0 Å². The van der Waals surface area contributed by atoms with Crippen molar-refractivity contribution >= 4 is 0 Å². The molecule has 136 valence electrons. The SMILES string of the molecule is CCCNC1CCC(CC2CCC(NCCC)C(C)C2)CC1C. The van der Waals surface area contributed by atoms with Crippen LogP contribution in [-0.2, 0) is 0 Å². The second kappa shape index (κ2) is 10.0. The molecule has 0 aromatic heterocycles. The molecule has 0 heterocycles. The fourth-order valence-electron chi connectivity index (χ4n) is 5.18. The van der Waals surface area contributed by atoms with Crippen molar-refractivity contribution in [2.24, 2.45) is 23.7 Å². The first-order valence-electron chi connectivity index (χ1n) is 10.6. The second-order valence-electron chi connectivity index (χ2n) is 8.67. The number of rotatable bonds is 8. The van der Waals surface area contributed by atoms with Crippen LogP contribution >= 0.6 is 0 Å². The molecule has 0 aromatic rings. The van der Waals surface area contributed by atoms with Gasteiger partial charge >= 0.3 is 0 Å². The Bertz CT molecular complexity index is 287. The molecule has 2 rings (SSSR count). The normalized spacial score (nSPS) is 38.6. The monoisotopic (exact) mass is 322 g/mol. The van der Waals surface area contributed by atoms with E-state index in [0.29, 0.717) is 0 Å². The fourth-order valence-corrected chi connectivity index (χ4v) is 5.18. The third-order valence-corrected chi connectivity index (χ3v) is 6.54. The summed E-state index contributed by atoms with van der Waals surface area (Å²) in [5.41, 5.74) is 0. The van der Waals surface area contributed by atoms with E-state index in [0.717, 1.165) is 35.8 Å². The average Bonchev–Trinajstić information content (AvgIpc) is 2.53. The van der Waals surface area contributed by atoms with Crippen LogP contribution < -0.4 is 10.6 Å². The molecule has 0 radical (unpaired) electrons. The summed E-state index contributed by atoms with van der Waals surface area (Å²) in [6.07, 6.45) is 12.7. The van der Waals surface area contributed by atoms with Crippen LogP contribution in [0.15, 0.2) is 0 Å². The Morgan fingerprint density at radius 2 is 1.13 bits per heavy atom. The lowest BCUT2D eigenvalue weighted by Gasteiger charge is -2.39. The zero-order chi connectivity index (χ0) is 16.7. The Labute approximate surface area is 145 Å². The smallest absolute Gasteiger partial charge is 0.00928 e. The van der Waals surface area contributed by atoms with Crippen molar-refractivity contribution in [3.63, 3.8) is 0 Å². The highest BCUT2D eigenvalue weighted by Crippen LogP contribution is 2.38. The molecule has 2 fully saturated rings. The van der Waals surface area contributed by atoms with Crippen LogP contribution in [0.5, 0.6) is 0 Å². The third kappa shape index (κ3) is 6.05. The van der Waals surface area contributed by atoms with Gasteiger partial charge in [-0.1, -0.05) is 27.7 Å². The summed E-state index contributed by atoms with van der Waals surface area (Å²) < 4.78 is 0. The summed E-state index contributed by atoms with van der Waals surface area (Å²) in [5, 5.41) is 7.54. The van der Waals surface area contributed by atoms with Gasteiger partial charge in [-0.2, -0.15) is 0 Å². The molecule has 2 nitrogen and oxygen atoms in total. The summed E-state index contributed by atoms with van der Waals surface area (Å²) in [6, 6.07) is 1.58. The van der Waals surface area contributed by atoms with Crippen molar-refractivity contribution < 1.29 is 0 Å². The fraction of sp³-hybridized carbons (Fsp3) is 1.00. The van der Waals surface area contributed by atoms with Crippen LogP contribution in [0, 0.1) is 23.7 Å². The lowest BCUT2D eigenvalue weighted by Crippen LogP contribution is -2.41. The summed E-state index contributed by atoms with van der Waals surface area (Å²) in [4.78, 5) is 0. The van der Waals surface area contributed by atoms with Crippen molar-refractivity contribution in [3.8, 4) is 0 Å². The Morgan fingerprint density at radius 1 is 0.696 bits per heavy atom. The van der Waals surface area contributed by atoms with Gasteiger partial charge in [-0.05, 0) is 94.5 Å². The maximum atomic E-state index is 3.77. The highest BCUT2D eigenvalue weighted by Gasteiger charge is 2.32. The molecule has 2 N–H and O–H groups in total. The van der Waals surface area contributed by atoms with Crippen molar-refractivity contribution in [1.29, 1.82) is 0 Å². The zero-order valence-corrected chi connectivity index (χ0v) is 16.2. The van der Waals surface area contributed by atoms with Crippen LogP contribution in [0.25, 0.3) is 0 Å². The van der Waals surface area contributed by atoms with Gasteiger partial charge in [0.05, 0.1) is 0 Å². The molecule has 23 heavy (non-hydrogen) atoms. The van der Waals surface area contributed by atoms with Crippen molar-refractivity contribution in [1.82, 2.24) is 10.6 Å². The minimum atomic E-state index is 0.791. The van der Waals surface area contributed by atoms with E-state index in [-0.39, 0.29) is 0 Å². The van der Waals surface area contributed by atoms with Gasteiger partial charge in [0.1, 0.15) is 0 Å². The minimum Gasteiger partial charge on any atom is -0.314 e. The molecule has 0 saturated heterocycles. The lowest BCUT2D eigenvalue weighted by atomic mass is 9.70. The van der Waals surface area contributed by atoms with Crippen molar-refractivity contribution in [2.45, 2.75) is 97.6 Å². The topological polar surface area (TPSA) is 24.1 Å². The van der Waals surface area contributed by atoms with Gasteiger partial charge in [0.15, 0.2) is 0 Å². The minimum absolute atomic E-state index is 0.791. The predicted octanol–water partition coefficient (Wildman–Crippen LogP) is 4.99. The van der Waals surface area contributed by atoms with Crippen LogP contribution in [0.1, 0.15) is 85.5 Å². The average molecular weight is 323 g/mol. The first kappa shape index (κ1) is 19.2. The molecule has 2 saturated carbocycles. The van der Waals surface area contributed by atoms with E-state index in [9.17, 15) is 0 Å². The van der Waals surface area contributed by atoms with Crippen LogP contribution in [-0.4, -0.2) is 25.2 Å². The van der Waals surface area contributed by atoms with E-state index in [1.54, 1.807) is 0 Å². The van der Waals surface area contributed by atoms with Gasteiger partial charge in [0, 0.05) is 12.1 Å². The van der Waals surface area contributed by atoms with Crippen molar-refractivity contribution in [2.75, 3.05) is 13.1 Å². The maximum absolute atomic E-state index is 3.77. The summed E-state index contributed by atoms with van der Waals surface area (Å²) in [6.45, 7) is 11.9. The van der Waals surface area contributed by atoms with Gasteiger partial charge in [0.2, 0.25) is 0 Å². The number of nitrogens with one attached hydrogen (secondary N) is 2. The number of hydrogen-bond acceptors (Lipinski definition) is 2. The van der Waals surface area contributed by atoms with E-state index in [4.69, 9.17) is 0 Å². The number of hydrogen-bond donors (Lipinski definition) is 2. The van der Waals surface area contributed by atoms with E-state index >= 15 is 0 Å². The molecule has 0 spiro atoms. The molecule has 0 amide bonds. The highest BCUT2D eigenvalue weighted by molar-refractivity contribution is 4.87. The molecule has 6 unspecified atom stereocenters. The zero-order valence-electron chi connectivity index (χ0n) is 16.2. The Balaban J connectivity index is 1.70. The first-order chi connectivity index (χ1) is 11.1. The third-order valence-electron chi connectivity index (χ3n) is 6.54. The van der Waals surface area contributed by atoms with Crippen LogP contribution in [0.3, 0.4) is 0 Å². The van der Waals surface area contributed by atoms with Gasteiger partial charge in [-0.15, -0.1) is 0 Å². The summed E-state index contributed by atoms with van der Waals surface area (Å²) in [7, 11) is 0. The Morgan fingerprint density at radius 3 is 1.48 bits per heavy atom. The first-order valence-corrected chi connectivity index (χ1v) is 10.6. The summed E-state index contributed by atoms with van der Waals surface area (Å²) >= 11 is 0. The molecule has 0 aliphatic heterocycles. The van der Waals surface area contributed by atoms with Gasteiger partial charge in [-0.3, -0.25) is 0 Å². The van der Waals surface area contributed by atoms with E-state index in [1.165, 1.54) is 70.9 Å². The standard InChI is InChI=1S/C21H42N2/c1-5-11-22-20-9-7-18(13-16(20)3)15-19-8-10-21(17(4)14-19)23-12-6-2/h16-23H,5-15H2,1-4H3. The van der Waals surface area contributed by atoms with Gasteiger partial charge in [0.25, 0.3) is 0 Å². The quantitative estimate of drug-likeness (QED) is 0.658. The molecule has 0 aromatic carbocycles. The molecule has 6 atom stereocenters. The van der Waals surface area contributed by atoms with E-state index in [1.807, 2.05) is 0 Å². The molecule has 0 bridgehead atoms. The van der Waals surface area contributed by atoms with E-state index in [2.05, 4.69) is 38.3 Å². The predicted molar refractivity (Wildman–Crippen MR) is 102 cm³/mol. The molecule has 2 aliphatic carbocycles. The van der Waals surface area contributed by atoms with Crippen molar-refractivity contribution in [3.05, 3.63) is 0 Å².